The molecular weight excluding hydrogens is 472 g/mol. The van der Waals surface area contributed by atoms with Crippen LogP contribution in [0.15, 0.2) is 35.4 Å². The number of hydrogen-bond donors (Lipinski definition) is 0. The number of carbonyl (C=O) groups excluding carboxylic acids is 1. The van der Waals surface area contributed by atoms with Gasteiger partial charge < -0.3 is 9.64 Å². The molecule has 2 radical (unpaired) electrons. The number of benzene rings is 1. The molecule has 1 aliphatic rings. The van der Waals surface area contributed by atoms with Crippen LogP contribution in [-0.2, 0) is 23.8 Å². The first kappa shape index (κ1) is 25.9. The Balaban J connectivity index is 1.77. The van der Waals surface area contributed by atoms with E-state index >= 15 is 0 Å². The third-order valence-electron chi connectivity index (χ3n) is 7.18. The van der Waals surface area contributed by atoms with Crippen molar-refractivity contribution in [3.8, 4) is 0 Å². The molecule has 2 aromatic heterocycles. The lowest BCUT2D eigenvalue weighted by atomic mass is 9.83. The number of hydrogen-bond acceptors (Lipinski definition) is 5. The quantitative estimate of drug-likeness (QED) is 0.481. The maximum Gasteiger partial charge on any atom is 0.266 e. The average Bonchev–Trinajstić information content (AvgIpc) is 2.86. The lowest BCUT2D eigenvalue weighted by Crippen LogP contribution is -2.48. The molecule has 1 amide bonds. The van der Waals surface area contributed by atoms with E-state index in [0.717, 1.165) is 6.07 Å². The van der Waals surface area contributed by atoms with Crippen molar-refractivity contribution in [2.45, 2.75) is 44.1 Å². The molecular formula is C25H26BF3N4O3. The van der Waals surface area contributed by atoms with Gasteiger partial charge in [-0.2, -0.15) is 0 Å². The minimum atomic E-state index is -2.92. The normalized spacial score (nSPS) is 16.5. The zero-order valence-corrected chi connectivity index (χ0v) is 20.3. The van der Waals surface area contributed by atoms with Gasteiger partial charge in [0.05, 0.1) is 16.8 Å². The van der Waals surface area contributed by atoms with Crippen molar-refractivity contribution in [1.82, 2.24) is 19.4 Å². The molecule has 3 heterocycles. The van der Waals surface area contributed by atoms with Gasteiger partial charge in [0.2, 0.25) is 7.85 Å². The summed E-state index contributed by atoms with van der Waals surface area (Å²) >= 11 is 0. The third-order valence-corrected chi connectivity index (χ3v) is 7.18. The first-order chi connectivity index (χ1) is 17.1. The van der Waals surface area contributed by atoms with Crippen molar-refractivity contribution < 1.29 is 22.7 Å². The van der Waals surface area contributed by atoms with Crippen LogP contribution >= 0.6 is 0 Å². The number of methoxy groups -OCH3 is 1. The SMILES string of the molecule is [B]C(=O)N1CCC(OC)(c2cc3c(C[C@H](C)c4cccc(C(F)F)c4F)ncnc3n(C)c2=O)CC1. The van der Waals surface area contributed by atoms with E-state index in [-0.39, 0.29) is 17.5 Å². The highest BCUT2D eigenvalue weighted by Crippen LogP contribution is 2.36. The standard InChI is InChI=1S/C25H26BF3N4O3/c1-14(15-5-4-6-16(20(15)27)21(28)29)11-19-17-12-18(23(34)32(2)22(17)31-13-30-19)25(36-3)7-9-33(10-8-25)24(26)35/h4-6,12-14,21H,7-11H2,1-3H3/t14-/m0/s1. The Kier molecular flexibility index (Phi) is 7.22. The van der Waals surface area contributed by atoms with Crippen LogP contribution in [0.4, 0.5) is 18.0 Å². The van der Waals surface area contributed by atoms with E-state index in [4.69, 9.17) is 12.6 Å². The van der Waals surface area contributed by atoms with E-state index in [0.29, 0.717) is 48.2 Å². The molecule has 0 aliphatic carbocycles. The second-order valence-electron chi connectivity index (χ2n) is 9.16. The monoisotopic (exact) mass is 498 g/mol. The van der Waals surface area contributed by atoms with Crippen LogP contribution in [0.3, 0.4) is 0 Å². The number of fused-ring (bicyclic) bond motifs is 1. The number of piperidine rings is 1. The topological polar surface area (TPSA) is 77.3 Å². The fourth-order valence-electron chi connectivity index (χ4n) is 5.00. The van der Waals surface area contributed by atoms with Crippen molar-refractivity contribution >= 4 is 24.7 Å². The molecule has 1 aliphatic heterocycles. The summed E-state index contributed by atoms with van der Waals surface area (Å²) in [6.45, 7) is 2.40. The number of halogens is 3. The second-order valence-corrected chi connectivity index (χ2v) is 9.16. The van der Waals surface area contributed by atoms with Crippen LogP contribution in [0, 0.1) is 5.82 Å². The molecule has 4 rings (SSSR count). The molecule has 7 nitrogen and oxygen atoms in total. The minimum Gasteiger partial charge on any atom is -0.373 e. The number of aromatic nitrogens is 3. The number of likely N-dealkylation sites (tertiary alicyclic amines) is 1. The van der Waals surface area contributed by atoms with E-state index < -0.39 is 35.1 Å². The van der Waals surface area contributed by atoms with Crippen LogP contribution in [0.5, 0.6) is 0 Å². The van der Waals surface area contributed by atoms with E-state index in [9.17, 15) is 22.8 Å². The van der Waals surface area contributed by atoms with Crippen LogP contribution in [-0.4, -0.2) is 53.3 Å². The fraction of sp³-hybridized carbons (Fsp3) is 0.440. The maximum atomic E-state index is 14.8. The van der Waals surface area contributed by atoms with Gasteiger partial charge in [0.1, 0.15) is 23.4 Å². The molecule has 0 unspecified atom stereocenters. The van der Waals surface area contributed by atoms with Gasteiger partial charge in [0, 0.05) is 32.6 Å². The van der Waals surface area contributed by atoms with Crippen molar-refractivity contribution in [2.24, 2.45) is 7.05 Å². The van der Waals surface area contributed by atoms with Gasteiger partial charge in [-0.25, -0.2) is 23.1 Å². The molecule has 0 bridgehead atoms. The number of nitrogens with zero attached hydrogens (tertiary/aromatic N) is 4. The summed E-state index contributed by atoms with van der Waals surface area (Å²) in [6.07, 6.45) is -0.612. The van der Waals surface area contributed by atoms with Crippen molar-refractivity contribution in [3.05, 3.63) is 69.1 Å². The summed E-state index contributed by atoms with van der Waals surface area (Å²) < 4.78 is 48.5. The molecule has 1 saturated heterocycles. The highest BCUT2D eigenvalue weighted by molar-refractivity contribution is 6.56. The Labute approximate surface area is 207 Å². The predicted molar refractivity (Wildman–Crippen MR) is 129 cm³/mol. The zero-order chi connectivity index (χ0) is 26.2. The lowest BCUT2D eigenvalue weighted by Gasteiger charge is -2.40. The Morgan fingerprint density at radius 2 is 1.89 bits per heavy atom. The van der Waals surface area contributed by atoms with Gasteiger partial charge in [0.25, 0.3) is 12.0 Å². The first-order valence-corrected chi connectivity index (χ1v) is 11.6. The number of carbonyl (C=O) groups is 1. The second kappa shape index (κ2) is 10.0. The number of alkyl halides is 2. The summed E-state index contributed by atoms with van der Waals surface area (Å²) in [5.41, 5.74) is -0.358. The number of pyridine rings is 1. The van der Waals surface area contributed by atoms with E-state index in [2.05, 4.69) is 9.97 Å². The smallest absolute Gasteiger partial charge is 0.266 e. The molecule has 36 heavy (non-hydrogen) atoms. The Hall–Kier alpha value is -3.21. The number of amides is 1. The highest BCUT2D eigenvalue weighted by atomic mass is 19.3. The first-order valence-electron chi connectivity index (χ1n) is 11.6. The van der Waals surface area contributed by atoms with Gasteiger partial charge in [-0.15, -0.1) is 0 Å². The van der Waals surface area contributed by atoms with Crippen LogP contribution in [0.25, 0.3) is 11.0 Å². The van der Waals surface area contributed by atoms with E-state index in [1.54, 1.807) is 20.0 Å². The van der Waals surface area contributed by atoms with Crippen LogP contribution in [0.2, 0.25) is 0 Å². The molecule has 1 atom stereocenters. The zero-order valence-electron chi connectivity index (χ0n) is 20.3. The largest absolute Gasteiger partial charge is 0.373 e. The van der Waals surface area contributed by atoms with E-state index in [1.807, 2.05) is 0 Å². The predicted octanol–water partition coefficient (Wildman–Crippen LogP) is 3.98. The van der Waals surface area contributed by atoms with Crippen molar-refractivity contribution in [3.63, 3.8) is 0 Å². The van der Waals surface area contributed by atoms with Gasteiger partial charge >= 0.3 is 0 Å². The van der Waals surface area contributed by atoms with Gasteiger partial charge in [-0.05, 0) is 36.8 Å². The van der Waals surface area contributed by atoms with Gasteiger partial charge in [-0.3, -0.25) is 14.2 Å². The highest BCUT2D eigenvalue weighted by Gasteiger charge is 2.39. The average molecular weight is 498 g/mol. The van der Waals surface area contributed by atoms with Gasteiger partial charge in [0.15, 0.2) is 5.81 Å². The fourth-order valence-corrected chi connectivity index (χ4v) is 5.00. The van der Waals surface area contributed by atoms with Crippen LogP contribution in [0.1, 0.15) is 54.5 Å². The molecule has 1 fully saturated rings. The molecule has 1 aromatic carbocycles. The summed E-state index contributed by atoms with van der Waals surface area (Å²) in [4.78, 5) is 35.1. The molecule has 0 N–H and O–H groups in total. The molecule has 11 heteroatoms. The van der Waals surface area contributed by atoms with E-state index in [1.165, 1.54) is 35.0 Å². The minimum absolute atomic E-state index is 0.164. The Morgan fingerprint density at radius 3 is 2.50 bits per heavy atom. The summed E-state index contributed by atoms with van der Waals surface area (Å²) in [6, 6.07) is 5.68. The number of rotatable bonds is 6. The Bertz CT molecular complexity index is 1360. The molecule has 3 aromatic rings. The molecule has 0 spiro atoms. The third kappa shape index (κ3) is 4.52. The summed E-state index contributed by atoms with van der Waals surface area (Å²) in [5.74, 6) is -1.93. The molecule has 0 saturated carbocycles. The number of aryl methyl sites for hydroxylation is 1. The summed E-state index contributed by atoms with van der Waals surface area (Å²) in [7, 11) is 8.53. The lowest BCUT2D eigenvalue weighted by molar-refractivity contribution is -0.0553. The van der Waals surface area contributed by atoms with Crippen LogP contribution < -0.4 is 5.56 Å². The summed E-state index contributed by atoms with van der Waals surface area (Å²) in [5, 5.41) is 0.584. The van der Waals surface area contributed by atoms with Crippen molar-refractivity contribution in [2.75, 3.05) is 20.2 Å². The Morgan fingerprint density at radius 1 is 1.22 bits per heavy atom. The maximum absolute atomic E-state index is 14.8. The number of ether oxygens (including phenoxy) is 1. The van der Waals surface area contributed by atoms with Gasteiger partial charge in [-0.1, -0.05) is 25.1 Å². The molecule has 188 valence electrons. The van der Waals surface area contributed by atoms with Crippen molar-refractivity contribution in [1.29, 1.82) is 0 Å².